The fourth-order valence-electron chi connectivity index (χ4n) is 7.64. The van der Waals surface area contributed by atoms with Crippen molar-refractivity contribution in [2.75, 3.05) is 14.1 Å². The molecule has 0 saturated carbocycles. The number of thiophene rings is 2. The molecule has 0 saturated heterocycles. The number of fused-ring (bicyclic) bond motifs is 2. The Hall–Kier alpha value is -5.79. The lowest BCUT2D eigenvalue weighted by Gasteiger charge is -2.31. The zero-order valence-electron chi connectivity index (χ0n) is 39.1. The highest BCUT2D eigenvalue weighted by atomic mass is 32.2. The molecule has 0 radical (unpaired) electrons. The van der Waals surface area contributed by atoms with Gasteiger partial charge in [0.2, 0.25) is 20.0 Å². The Morgan fingerprint density at radius 3 is 1.56 bits per heavy atom. The minimum absolute atomic E-state index is 0.126. The molecule has 0 amide bonds. The van der Waals surface area contributed by atoms with Crippen LogP contribution in [0.4, 0.5) is 0 Å². The Labute approximate surface area is 406 Å². The topological polar surface area (TPSA) is 155 Å². The number of aryl methyl sites for hydroxylation is 1. The van der Waals surface area contributed by atoms with Gasteiger partial charge in [0.25, 0.3) is 10.0 Å². The summed E-state index contributed by atoms with van der Waals surface area (Å²) in [7, 11) is -8.24. The minimum Gasteiger partial charge on any atom is -0.345 e. The second kappa shape index (κ2) is 18.3. The molecule has 352 valence electrons. The van der Waals surface area contributed by atoms with Crippen molar-refractivity contribution in [3.8, 4) is 44.5 Å². The molecule has 9 aromatic rings. The van der Waals surface area contributed by atoms with Gasteiger partial charge >= 0.3 is 0 Å². The van der Waals surface area contributed by atoms with E-state index in [1.165, 1.54) is 23.9 Å². The van der Waals surface area contributed by atoms with Crippen LogP contribution < -0.4 is 0 Å². The van der Waals surface area contributed by atoms with E-state index in [4.69, 9.17) is 0 Å². The van der Waals surface area contributed by atoms with Gasteiger partial charge in [-0.1, -0.05) is 42.0 Å². The molecule has 17 heteroatoms. The van der Waals surface area contributed by atoms with Crippen LogP contribution in [0.3, 0.4) is 0 Å². The molecule has 1 N–H and O–H groups in total. The zero-order valence-corrected chi connectivity index (χ0v) is 43.2. The maximum atomic E-state index is 13.8. The van der Waals surface area contributed by atoms with Crippen LogP contribution in [-0.4, -0.2) is 78.0 Å². The smallest absolute Gasteiger partial charge is 0.269 e. The Bertz CT molecular complexity index is 3620. The van der Waals surface area contributed by atoms with E-state index >= 15 is 0 Å². The maximum absolute atomic E-state index is 13.8. The van der Waals surface area contributed by atoms with Crippen LogP contribution in [0.2, 0.25) is 0 Å². The Morgan fingerprint density at radius 2 is 1.06 bits per heavy atom. The summed E-state index contributed by atoms with van der Waals surface area (Å²) in [6.45, 7) is 13.0. The third kappa shape index (κ3) is 9.23. The number of benzene rings is 3. The fourth-order valence-corrected chi connectivity index (χ4v) is 13.4. The third-order valence-corrected chi connectivity index (χ3v) is 19.2. The number of pyridine rings is 2. The van der Waals surface area contributed by atoms with Crippen LogP contribution >= 0.6 is 22.7 Å². The van der Waals surface area contributed by atoms with Gasteiger partial charge in [-0.15, -0.1) is 0 Å². The van der Waals surface area contributed by atoms with Crippen molar-refractivity contribution in [3.05, 3.63) is 149 Å². The van der Waals surface area contributed by atoms with Gasteiger partial charge in [0, 0.05) is 71.9 Å². The molecule has 68 heavy (non-hydrogen) atoms. The molecule has 0 unspecified atom stereocenters. The molecule has 12 nitrogen and oxygen atoms in total. The van der Waals surface area contributed by atoms with Crippen LogP contribution in [0, 0.1) is 6.92 Å². The van der Waals surface area contributed by atoms with E-state index in [0.29, 0.717) is 16.5 Å². The molecule has 0 fully saturated rings. The zero-order chi connectivity index (χ0) is 49.0. The molecule has 6 aromatic heterocycles. The SMILES string of the molecule is CN(C(C)(C)C)S(=O)(=O)c1cccc(-c2c[nH]c3nccc(-c4ccsc4)c23)c1.Cc1ccc(S(=O)(=O)n2cc(-c3cccc(S(=O)(=O)N(C)C(C)(C)C)c3)c3c(-c4ccsc4)ccnc32)cc1. The highest BCUT2D eigenvalue weighted by Crippen LogP contribution is 2.41. The number of nitrogens with one attached hydrogen (secondary N) is 1. The minimum atomic E-state index is -4.00. The Morgan fingerprint density at radius 1 is 0.559 bits per heavy atom. The first-order valence-corrected chi connectivity index (χ1v) is 27.7. The van der Waals surface area contributed by atoms with Crippen molar-refractivity contribution < 1.29 is 25.3 Å². The summed E-state index contributed by atoms with van der Waals surface area (Å²) in [5.41, 5.74) is 7.73. The van der Waals surface area contributed by atoms with Gasteiger partial charge in [0.05, 0.1) is 14.7 Å². The highest BCUT2D eigenvalue weighted by molar-refractivity contribution is 7.90. The van der Waals surface area contributed by atoms with E-state index in [1.54, 1.807) is 111 Å². The number of nitrogens with zero attached hydrogens (tertiary/aromatic N) is 5. The van der Waals surface area contributed by atoms with Crippen molar-refractivity contribution >= 4 is 74.8 Å². The monoisotopic (exact) mass is 1000 g/mol. The van der Waals surface area contributed by atoms with Crippen molar-refractivity contribution in [3.63, 3.8) is 0 Å². The Kier molecular flexibility index (Phi) is 13.1. The lowest BCUT2D eigenvalue weighted by atomic mass is 10.00. The summed E-state index contributed by atoms with van der Waals surface area (Å²) in [5.74, 6) is 0. The standard InChI is InChI=1S/C29H29N3O4S3.C22H23N3O2S2/c1-20-9-11-23(12-10-20)39(35,36)32-18-26(27-25(13-15-30-28(27)32)22-14-16-37-19-22)21-7-6-8-24(17-21)38(33,34)31(5)29(2,3)4;1-22(2,3)25(4)29(26,27)17-7-5-6-15(12-17)19-13-24-21-20(19)18(8-10-23-21)16-9-11-28-14-16/h6-19H,1-5H3;5-14H,1-4H3,(H,23,24). The van der Waals surface area contributed by atoms with Gasteiger partial charge in [-0.05, 0) is 164 Å². The number of rotatable bonds is 10. The summed E-state index contributed by atoms with van der Waals surface area (Å²) < 4.78 is 84.8. The van der Waals surface area contributed by atoms with Crippen LogP contribution in [0.1, 0.15) is 47.1 Å². The molecule has 0 aliphatic carbocycles. The van der Waals surface area contributed by atoms with Crippen LogP contribution in [0.15, 0.2) is 158 Å². The second-order valence-corrected chi connectivity index (χ2v) is 25.7. The summed E-state index contributed by atoms with van der Waals surface area (Å²) >= 11 is 3.18. The number of sulfonamides is 2. The third-order valence-electron chi connectivity index (χ3n) is 12.0. The van der Waals surface area contributed by atoms with Gasteiger partial charge in [0.15, 0.2) is 5.65 Å². The van der Waals surface area contributed by atoms with E-state index in [-0.39, 0.29) is 20.3 Å². The molecule has 0 atom stereocenters. The van der Waals surface area contributed by atoms with E-state index in [9.17, 15) is 25.3 Å². The first-order chi connectivity index (χ1) is 32.0. The second-order valence-electron chi connectivity index (χ2n) is 18.4. The van der Waals surface area contributed by atoms with Gasteiger partial charge in [-0.3, -0.25) is 0 Å². The maximum Gasteiger partial charge on any atom is 0.269 e. The van der Waals surface area contributed by atoms with E-state index < -0.39 is 41.1 Å². The van der Waals surface area contributed by atoms with Crippen LogP contribution in [-0.2, 0) is 30.1 Å². The lowest BCUT2D eigenvalue weighted by molar-refractivity contribution is 0.291. The van der Waals surface area contributed by atoms with Crippen molar-refractivity contribution in [2.24, 2.45) is 0 Å². The predicted octanol–water partition coefficient (Wildman–Crippen LogP) is 11.8. The normalized spacial score (nSPS) is 12.8. The van der Waals surface area contributed by atoms with Gasteiger partial charge in [0.1, 0.15) is 5.65 Å². The van der Waals surface area contributed by atoms with Crippen molar-refractivity contribution in [1.82, 2.24) is 27.5 Å². The quantitative estimate of drug-likeness (QED) is 0.142. The van der Waals surface area contributed by atoms with E-state index in [1.807, 2.05) is 95.1 Å². The summed E-state index contributed by atoms with van der Waals surface area (Å²) in [6.07, 6.45) is 6.82. The molecule has 6 heterocycles. The Balaban J connectivity index is 0.000000192. The van der Waals surface area contributed by atoms with Gasteiger partial charge in [-0.25, -0.2) is 39.2 Å². The number of aromatic nitrogens is 4. The molecule has 0 aliphatic rings. The van der Waals surface area contributed by atoms with E-state index in [2.05, 4.69) is 26.4 Å². The summed E-state index contributed by atoms with van der Waals surface area (Å²) in [6, 6.07) is 28.3. The number of hydrogen-bond donors (Lipinski definition) is 1. The first kappa shape index (κ1) is 48.7. The molecule has 3 aromatic carbocycles. The van der Waals surface area contributed by atoms with Crippen LogP contribution in [0.5, 0.6) is 0 Å². The molecule has 9 rings (SSSR count). The molecular weight excluding hydrogens is 953 g/mol. The molecular formula is C51H52N6O6S5. The predicted molar refractivity (Wildman–Crippen MR) is 276 cm³/mol. The fraction of sp³-hybridized carbons (Fsp3) is 0.216. The highest BCUT2D eigenvalue weighted by Gasteiger charge is 2.33. The largest absolute Gasteiger partial charge is 0.345 e. The number of hydrogen-bond acceptors (Lipinski definition) is 10. The van der Waals surface area contributed by atoms with Crippen LogP contribution in [0.25, 0.3) is 66.6 Å². The molecule has 0 bridgehead atoms. The number of H-pyrrole nitrogens is 1. The summed E-state index contributed by atoms with van der Waals surface area (Å²) in [4.78, 5) is 12.7. The average molecular weight is 1010 g/mol. The average Bonchev–Trinajstić information content (AvgIpc) is 4.16. The molecule has 0 spiro atoms. The molecule has 0 aliphatic heterocycles. The van der Waals surface area contributed by atoms with Gasteiger partial charge < -0.3 is 4.98 Å². The number of aromatic amines is 1. The van der Waals surface area contributed by atoms with Gasteiger partial charge in [-0.2, -0.15) is 31.3 Å². The van der Waals surface area contributed by atoms with Crippen molar-refractivity contribution in [1.29, 1.82) is 0 Å². The summed E-state index contributed by atoms with van der Waals surface area (Å²) in [5, 5.41) is 9.71. The van der Waals surface area contributed by atoms with E-state index in [0.717, 1.165) is 50.0 Å². The van der Waals surface area contributed by atoms with Crippen molar-refractivity contribution in [2.45, 2.75) is 74.2 Å². The first-order valence-electron chi connectivity index (χ1n) is 21.5. The lowest BCUT2D eigenvalue weighted by Crippen LogP contribution is -2.42.